The van der Waals surface area contributed by atoms with Crippen LogP contribution in [0.4, 0.5) is 0 Å². The van der Waals surface area contributed by atoms with Gasteiger partial charge in [-0.15, -0.1) is 46.7 Å². The molecule has 0 aliphatic heterocycles. The number of ketones is 1. The Morgan fingerprint density at radius 1 is 0.854 bits per heavy atom. The molecule has 2 heterocycles. The second-order valence-electron chi connectivity index (χ2n) is 13.3. The molecule has 0 spiro atoms. The molecule has 217 valence electrons. The SMILES string of the molecule is CC(C)(C)C(=O)/C=C(\O)C(C)(C)C.CC(C)(C)c1c[c-]c(-c2ncnc3sc4ccc5ccccc5c4c23)cc1.[Ir]. The molecule has 0 bridgehead atoms. The second-order valence-corrected chi connectivity index (χ2v) is 14.3. The molecule has 0 saturated heterocycles. The largest absolute Gasteiger partial charge is 0.512 e. The van der Waals surface area contributed by atoms with E-state index in [9.17, 15) is 9.90 Å². The fourth-order valence-corrected chi connectivity index (χ4v) is 5.23. The minimum Gasteiger partial charge on any atom is -0.512 e. The molecule has 4 nitrogen and oxygen atoms in total. The van der Waals surface area contributed by atoms with Crippen molar-refractivity contribution in [2.45, 2.75) is 67.7 Å². The van der Waals surface area contributed by atoms with Gasteiger partial charge in [0.15, 0.2) is 5.78 Å². The van der Waals surface area contributed by atoms with Gasteiger partial charge in [0.2, 0.25) is 0 Å². The molecule has 3 aromatic carbocycles. The molecule has 0 atom stereocenters. The van der Waals surface area contributed by atoms with E-state index in [2.05, 4.69) is 91.4 Å². The number of carbonyl (C=O) groups excluding carboxylic acids is 1. The Balaban J connectivity index is 0.000000284. The number of thiophene rings is 1. The number of aromatic nitrogens is 2. The molecule has 0 unspecified atom stereocenters. The van der Waals surface area contributed by atoms with E-state index < -0.39 is 5.41 Å². The Morgan fingerprint density at radius 2 is 1.54 bits per heavy atom. The van der Waals surface area contributed by atoms with Crippen LogP contribution in [0.5, 0.6) is 0 Å². The first-order valence-corrected chi connectivity index (χ1v) is 14.4. The van der Waals surface area contributed by atoms with Gasteiger partial charge in [-0.3, -0.25) is 9.78 Å². The van der Waals surface area contributed by atoms with Crippen molar-refractivity contribution in [1.82, 2.24) is 9.97 Å². The Labute approximate surface area is 261 Å². The van der Waals surface area contributed by atoms with E-state index in [4.69, 9.17) is 0 Å². The van der Waals surface area contributed by atoms with Crippen molar-refractivity contribution in [3.8, 4) is 11.3 Å². The van der Waals surface area contributed by atoms with Gasteiger partial charge in [-0.1, -0.05) is 92.6 Å². The molecule has 2 aromatic heterocycles. The van der Waals surface area contributed by atoms with Crippen molar-refractivity contribution in [2.75, 3.05) is 0 Å². The van der Waals surface area contributed by atoms with E-state index in [1.165, 1.54) is 32.5 Å². The Morgan fingerprint density at radius 3 is 2.12 bits per heavy atom. The molecular weight excluding hydrogens is 705 g/mol. The maximum atomic E-state index is 11.5. The van der Waals surface area contributed by atoms with Gasteiger partial charge < -0.3 is 5.11 Å². The Bertz CT molecular complexity index is 1710. The molecule has 0 aliphatic rings. The summed E-state index contributed by atoms with van der Waals surface area (Å²) in [6.45, 7) is 17.8. The first-order valence-electron chi connectivity index (χ1n) is 13.6. The fourth-order valence-electron chi connectivity index (χ4n) is 4.17. The van der Waals surface area contributed by atoms with E-state index in [0.29, 0.717) is 0 Å². The molecule has 5 rings (SSSR count). The van der Waals surface area contributed by atoms with Crippen LogP contribution in [-0.4, -0.2) is 20.9 Å². The second kappa shape index (κ2) is 12.1. The molecule has 1 N–H and O–H groups in total. The van der Waals surface area contributed by atoms with Gasteiger partial charge in [0.1, 0.15) is 16.9 Å². The molecule has 0 saturated carbocycles. The standard InChI is InChI=1S/C24H19N2S.C11H20O2.Ir/c1-24(2,3)17-11-8-16(9-12-17)22-21-20-18-7-5-4-6-15(18)10-13-19(20)27-23(21)26-14-25-22;1-10(2,3)8(12)7-9(13)11(4,5)6;/h4-8,10-14H,1-3H3;7,12H,1-6H3;/q-1;;/b;8-7-;. The Hall–Kier alpha value is -2.92. The topological polar surface area (TPSA) is 63.1 Å². The van der Waals surface area contributed by atoms with Crippen LogP contribution in [0, 0.1) is 16.9 Å². The van der Waals surface area contributed by atoms with Gasteiger partial charge >= 0.3 is 0 Å². The summed E-state index contributed by atoms with van der Waals surface area (Å²) in [5.41, 5.74) is 2.60. The summed E-state index contributed by atoms with van der Waals surface area (Å²) in [6, 6.07) is 22.8. The number of hydrogen-bond acceptors (Lipinski definition) is 5. The normalized spacial score (nSPS) is 12.7. The zero-order chi connectivity index (χ0) is 29.5. The van der Waals surface area contributed by atoms with Crippen LogP contribution in [0.15, 0.2) is 72.8 Å². The monoisotopic (exact) mass is 744 g/mol. The van der Waals surface area contributed by atoms with Gasteiger partial charge in [0.25, 0.3) is 0 Å². The summed E-state index contributed by atoms with van der Waals surface area (Å²) in [5, 5.41) is 14.4. The third kappa shape index (κ3) is 7.30. The minimum absolute atomic E-state index is 0. The molecule has 1 radical (unpaired) electrons. The molecule has 0 fully saturated rings. The molecule has 5 aromatic rings. The number of benzene rings is 3. The predicted octanol–water partition coefficient (Wildman–Crippen LogP) is 9.85. The Kier molecular flexibility index (Phi) is 9.64. The number of carbonyl (C=O) groups is 1. The first-order chi connectivity index (χ1) is 18.6. The van der Waals surface area contributed by atoms with Crippen LogP contribution in [0.2, 0.25) is 0 Å². The molecule has 0 aliphatic carbocycles. The van der Waals surface area contributed by atoms with Crippen molar-refractivity contribution in [3.05, 3.63) is 84.4 Å². The summed E-state index contributed by atoms with van der Waals surface area (Å²) in [7, 11) is 0. The van der Waals surface area contributed by atoms with Crippen LogP contribution < -0.4 is 0 Å². The van der Waals surface area contributed by atoms with Crippen LogP contribution in [0.1, 0.15) is 67.9 Å². The number of rotatable bonds is 2. The fraction of sp³-hybridized carbons (Fsp3) is 0.343. The smallest absolute Gasteiger partial charge is 0.164 e. The number of aliphatic hydroxyl groups excluding tert-OH is 1. The van der Waals surface area contributed by atoms with Crippen molar-refractivity contribution < 1.29 is 30.0 Å². The van der Waals surface area contributed by atoms with Crippen LogP contribution in [-0.2, 0) is 30.3 Å². The van der Waals surface area contributed by atoms with Crippen LogP contribution in [0.3, 0.4) is 0 Å². The third-order valence-corrected chi connectivity index (χ3v) is 7.93. The summed E-state index contributed by atoms with van der Waals surface area (Å²) >= 11 is 1.73. The van der Waals surface area contributed by atoms with Crippen molar-refractivity contribution in [2.24, 2.45) is 10.8 Å². The van der Waals surface area contributed by atoms with Gasteiger partial charge in [-0.05, 0) is 22.3 Å². The average molecular weight is 744 g/mol. The van der Waals surface area contributed by atoms with E-state index in [0.717, 1.165) is 21.5 Å². The zero-order valence-corrected chi connectivity index (χ0v) is 28.6. The van der Waals surface area contributed by atoms with Gasteiger partial charge in [0.05, 0.1) is 0 Å². The molecule has 41 heavy (non-hydrogen) atoms. The van der Waals surface area contributed by atoms with Crippen LogP contribution in [0.25, 0.3) is 42.3 Å². The molecule has 6 heteroatoms. The summed E-state index contributed by atoms with van der Waals surface area (Å²) in [4.78, 5) is 21.7. The van der Waals surface area contributed by atoms with Gasteiger partial charge in [-0.25, -0.2) is 4.98 Å². The van der Waals surface area contributed by atoms with E-state index in [1.54, 1.807) is 17.7 Å². The predicted molar refractivity (Wildman–Crippen MR) is 170 cm³/mol. The van der Waals surface area contributed by atoms with E-state index in [1.807, 2.05) is 41.5 Å². The molecular formula is C35H39IrN2O2S-. The minimum atomic E-state index is -0.417. The number of fused-ring (bicyclic) bond motifs is 5. The average Bonchev–Trinajstić information content (AvgIpc) is 3.27. The number of aliphatic hydroxyl groups is 1. The van der Waals surface area contributed by atoms with Crippen molar-refractivity contribution in [1.29, 1.82) is 0 Å². The maximum absolute atomic E-state index is 11.5. The van der Waals surface area contributed by atoms with Gasteiger partial charge in [-0.2, -0.15) is 0 Å². The molecule has 0 amide bonds. The van der Waals surface area contributed by atoms with E-state index in [-0.39, 0.29) is 42.5 Å². The summed E-state index contributed by atoms with van der Waals surface area (Å²) in [6.07, 6.45) is 3.00. The number of nitrogens with zero attached hydrogens (tertiary/aromatic N) is 2. The number of allylic oxidation sites excluding steroid dienone is 2. The van der Waals surface area contributed by atoms with Gasteiger partial charge in [0, 0.05) is 58.2 Å². The number of hydrogen-bond donors (Lipinski definition) is 1. The van der Waals surface area contributed by atoms with Crippen molar-refractivity contribution in [3.63, 3.8) is 0 Å². The quantitative estimate of drug-likeness (QED) is 0.111. The third-order valence-electron chi connectivity index (χ3n) is 6.87. The summed E-state index contributed by atoms with van der Waals surface area (Å²) < 4.78 is 1.25. The maximum Gasteiger partial charge on any atom is 0.164 e. The van der Waals surface area contributed by atoms with Crippen molar-refractivity contribution >= 4 is 48.2 Å². The van der Waals surface area contributed by atoms with Crippen LogP contribution >= 0.6 is 11.3 Å². The zero-order valence-electron chi connectivity index (χ0n) is 25.3. The van der Waals surface area contributed by atoms with E-state index >= 15 is 0 Å². The summed E-state index contributed by atoms with van der Waals surface area (Å²) in [5.74, 6) is 0.104. The first kappa shape index (κ1) is 32.6.